The molecule has 1 N–H and O–H groups in total. The van der Waals surface area contributed by atoms with Gasteiger partial charge in [-0.25, -0.2) is 0 Å². The summed E-state index contributed by atoms with van der Waals surface area (Å²) < 4.78 is 17.9. The molecule has 0 aliphatic heterocycles. The monoisotopic (exact) mass is 440 g/mol. The highest BCUT2D eigenvalue weighted by molar-refractivity contribution is 7.99. The molecule has 3 aromatic rings. The summed E-state index contributed by atoms with van der Waals surface area (Å²) in [6.45, 7) is 4.31. The fourth-order valence-corrected chi connectivity index (χ4v) is 3.69. The van der Waals surface area contributed by atoms with Gasteiger partial charge in [-0.05, 0) is 30.3 Å². The molecular weight excluding hydrogens is 416 g/mol. The molecule has 1 heterocycles. The first-order valence-electron chi connectivity index (χ1n) is 9.43. The first-order valence-corrected chi connectivity index (χ1v) is 10.4. The summed E-state index contributed by atoms with van der Waals surface area (Å²) >= 11 is 1.29. The minimum absolute atomic E-state index is 0.166. The number of ether oxygens (including phenoxy) is 3. The smallest absolute Gasteiger partial charge is 0.234 e. The van der Waals surface area contributed by atoms with Gasteiger partial charge in [0, 0.05) is 12.1 Å². The Morgan fingerprint density at radius 1 is 1.06 bits per heavy atom. The van der Waals surface area contributed by atoms with Gasteiger partial charge in [-0.15, -0.1) is 16.8 Å². The number of allylic oxidation sites excluding steroid dienone is 1. The van der Waals surface area contributed by atoms with E-state index in [9.17, 15) is 4.79 Å². The van der Waals surface area contributed by atoms with Crippen molar-refractivity contribution in [3.05, 3.63) is 55.1 Å². The van der Waals surface area contributed by atoms with Crippen molar-refractivity contribution >= 4 is 23.4 Å². The third-order valence-electron chi connectivity index (χ3n) is 4.38. The van der Waals surface area contributed by atoms with Crippen molar-refractivity contribution in [3.8, 4) is 28.6 Å². The van der Waals surface area contributed by atoms with Crippen LogP contribution in [-0.2, 0) is 11.3 Å². The number of para-hydroxylation sites is 2. The molecule has 2 aromatic carbocycles. The highest BCUT2D eigenvalue weighted by Crippen LogP contribution is 2.33. The number of methoxy groups -OCH3 is 3. The van der Waals surface area contributed by atoms with Crippen molar-refractivity contribution in [1.29, 1.82) is 0 Å². The number of carbonyl (C=O) groups excluding carboxylic acids is 1. The summed E-state index contributed by atoms with van der Waals surface area (Å²) in [5.74, 6) is 2.47. The van der Waals surface area contributed by atoms with Crippen LogP contribution in [0.2, 0.25) is 0 Å². The second kappa shape index (κ2) is 10.5. The molecule has 0 spiro atoms. The number of anilines is 1. The molecule has 0 radical (unpaired) electrons. The van der Waals surface area contributed by atoms with E-state index in [2.05, 4.69) is 22.1 Å². The fourth-order valence-electron chi connectivity index (χ4n) is 2.94. The number of thioether (sulfide) groups is 1. The van der Waals surface area contributed by atoms with Crippen LogP contribution in [0, 0.1) is 0 Å². The summed E-state index contributed by atoms with van der Waals surface area (Å²) in [4.78, 5) is 12.5. The summed E-state index contributed by atoms with van der Waals surface area (Å²) in [6.07, 6.45) is 1.76. The minimum atomic E-state index is -0.171. The van der Waals surface area contributed by atoms with Crippen LogP contribution in [0.4, 0.5) is 5.69 Å². The van der Waals surface area contributed by atoms with Crippen LogP contribution >= 0.6 is 11.8 Å². The largest absolute Gasteiger partial charge is 0.495 e. The van der Waals surface area contributed by atoms with Gasteiger partial charge in [0.25, 0.3) is 0 Å². The van der Waals surface area contributed by atoms with Crippen LogP contribution in [0.3, 0.4) is 0 Å². The third kappa shape index (κ3) is 5.18. The predicted molar refractivity (Wildman–Crippen MR) is 121 cm³/mol. The van der Waals surface area contributed by atoms with Crippen LogP contribution < -0.4 is 19.5 Å². The lowest BCUT2D eigenvalue weighted by atomic mass is 10.2. The molecule has 0 saturated heterocycles. The van der Waals surface area contributed by atoms with Gasteiger partial charge in [0.05, 0.1) is 32.8 Å². The van der Waals surface area contributed by atoms with Crippen molar-refractivity contribution in [3.63, 3.8) is 0 Å². The van der Waals surface area contributed by atoms with E-state index in [-0.39, 0.29) is 11.7 Å². The fraction of sp³-hybridized carbons (Fsp3) is 0.227. The second-order valence-corrected chi connectivity index (χ2v) is 7.25. The lowest BCUT2D eigenvalue weighted by Gasteiger charge is -2.11. The topological polar surface area (TPSA) is 87.5 Å². The number of benzene rings is 2. The van der Waals surface area contributed by atoms with E-state index in [4.69, 9.17) is 14.2 Å². The Morgan fingerprint density at radius 3 is 2.52 bits per heavy atom. The molecule has 0 atom stereocenters. The molecule has 8 nitrogen and oxygen atoms in total. The lowest BCUT2D eigenvalue weighted by molar-refractivity contribution is -0.113. The zero-order valence-electron chi connectivity index (χ0n) is 17.6. The van der Waals surface area contributed by atoms with Gasteiger partial charge in [0.15, 0.2) is 22.5 Å². The Balaban J connectivity index is 1.78. The summed E-state index contributed by atoms with van der Waals surface area (Å²) in [7, 11) is 4.73. The number of nitrogens with one attached hydrogen (secondary N) is 1. The summed E-state index contributed by atoms with van der Waals surface area (Å²) in [6, 6.07) is 12.8. The van der Waals surface area contributed by atoms with Gasteiger partial charge >= 0.3 is 0 Å². The van der Waals surface area contributed by atoms with E-state index in [0.29, 0.717) is 40.5 Å². The van der Waals surface area contributed by atoms with Crippen LogP contribution in [-0.4, -0.2) is 47.8 Å². The first kappa shape index (κ1) is 22.2. The Kier molecular flexibility index (Phi) is 7.55. The average molecular weight is 441 g/mol. The van der Waals surface area contributed by atoms with Crippen LogP contribution in [0.15, 0.2) is 60.3 Å². The molecule has 3 rings (SSSR count). The number of aromatic nitrogens is 3. The van der Waals surface area contributed by atoms with Gasteiger partial charge in [-0.3, -0.25) is 9.36 Å². The number of amides is 1. The number of rotatable bonds is 10. The minimum Gasteiger partial charge on any atom is -0.495 e. The van der Waals surface area contributed by atoms with Crippen LogP contribution in [0.1, 0.15) is 0 Å². The average Bonchev–Trinajstić information content (AvgIpc) is 3.20. The van der Waals surface area contributed by atoms with Gasteiger partial charge in [0.1, 0.15) is 5.75 Å². The Labute approximate surface area is 185 Å². The normalized spacial score (nSPS) is 10.4. The van der Waals surface area contributed by atoms with E-state index < -0.39 is 0 Å². The van der Waals surface area contributed by atoms with Gasteiger partial charge in [0.2, 0.25) is 5.91 Å². The van der Waals surface area contributed by atoms with Crippen LogP contribution in [0.25, 0.3) is 11.4 Å². The highest BCUT2D eigenvalue weighted by atomic mass is 32.2. The zero-order chi connectivity index (χ0) is 22.2. The second-order valence-electron chi connectivity index (χ2n) is 6.31. The molecule has 1 amide bonds. The molecular formula is C22H24N4O4S. The maximum absolute atomic E-state index is 12.5. The third-order valence-corrected chi connectivity index (χ3v) is 5.35. The van der Waals surface area contributed by atoms with E-state index in [0.717, 1.165) is 5.56 Å². The number of carbonyl (C=O) groups is 1. The van der Waals surface area contributed by atoms with Crippen molar-refractivity contribution in [2.24, 2.45) is 0 Å². The number of hydrogen-bond acceptors (Lipinski definition) is 7. The van der Waals surface area contributed by atoms with E-state index in [1.165, 1.54) is 11.8 Å². The van der Waals surface area contributed by atoms with Crippen molar-refractivity contribution in [2.45, 2.75) is 11.7 Å². The van der Waals surface area contributed by atoms with E-state index in [1.807, 2.05) is 34.9 Å². The SMILES string of the molecule is C=CCn1c(SCC(=O)Nc2ccccc2OC)nnc1-c1ccc(OC)c(OC)c1. The van der Waals surface area contributed by atoms with Crippen LogP contribution in [0.5, 0.6) is 17.2 Å². The first-order chi connectivity index (χ1) is 15.1. The number of nitrogens with zero attached hydrogens (tertiary/aromatic N) is 3. The Hall–Kier alpha value is -3.46. The lowest BCUT2D eigenvalue weighted by Crippen LogP contribution is -2.15. The number of hydrogen-bond donors (Lipinski definition) is 1. The zero-order valence-corrected chi connectivity index (χ0v) is 18.4. The van der Waals surface area contributed by atoms with Gasteiger partial charge < -0.3 is 19.5 Å². The van der Waals surface area contributed by atoms with Gasteiger partial charge in [-0.1, -0.05) is 30.0 Å². The standard InChI is InChI=1S/C22H24N4O4S/c1-5-12-26-21(15-10-11-18(29-3)19(13-15)30-4)24-25-22(26)31-14-20(27)23-16-8-6-7-9-17(16)28-2/h5-11,13H,1,12,14H2,2-4H3,(H,23,27). The quantitative estimate of drug-likeness (QED) is 0.378. The molecule has 0 saturated carbocycles. The maximum Gasteiger partial charge on any atom is 0.234 e. The predicted octanol–water partition coefficient (Wildman–Crippen LogP) is 3.89. The molecule has 0 fully saturated rings. The van der Waals surface area contributed by atoms with Gasteiger partial charge in [-0.2, -0.15) is 0 Å². The molecule has 1 aromatic heterocycles. The molecule has 9 heteroatoms. The molecule has 0 unspecified atom stereocenters. The Bertz CT molecular complexity index is 1070. The summed E-state index contributed by atoms with van der Waals surface area (Å²) in [5, 5.41) is 12.1. The summed E-state index contributed by atoms with van der Waals surface area (Å²) in [5.41, 5.74) is 1.44. The highest BCUT2D eigenvalue weighted by Gasteiger charge is 2.17. The molecule has 31 heavy (non-hydrogen) atoms. The molecule has 0 bridgehead atoms. The maximum atomic E-state index is 12.5. The van der Waals surface area contributed by atoms with E-state index >= 15 is 0 Å². The molecule has 162 valence electrons. The molecule has 0 aliphatic carbocycles. The van der Waals surface area contributed by atoms with Crippen molar-refractivity contribution in [2.75, 3.05) is 32.4 Å². The van der Waals surface area contributed by atoms with Crippen molar-refractivity contribution in [1.82, 2.24) is 14.8 Å². The van der Waals surface area contributed by atoms with Crippen molar-refractivity contribution < 1.29 is 19.0 Å². The Morgan fingerprint density at radius 2 is 1.81 bits per heavy atom. The molecule has 0 aliphatic rings. The van der Waals surface area contributed by atoms with E-state index in [1.54, 1.807) is 39.5 Å².